The summed E-state index contributed by atoms with van der Waals surface area (Å²) in [6.45, 7) is 2.01. The van der Waals surface area contributed by atoms with Crippen molar-refractivity contribution in [3.05, 3.63) is 114 Å². The molecule has 1 unspecified atom stereocenters. The summed E-state index contributed by atoms with van der Waals surface area (Å²) in [5.41, 5.74) is 3.82. The Morgan fingerprint density at radius 1 is 0.909 bits per heavy atom. The second-order valence-corrected chi connectivity index (χ2v) is 7.86. The van der Waals surface area contributed by atoms with Gasteiger partial charge in [0.05, 0.1) is 11.4 Å². The van der Waals surface area contributed by atoms with E-state index in [4.69, 9.17) is 4.99 Å². The van der Waals surface area contributed by atoms with E-state index >= 15 is 0 Å². The predicted molar refractivity (Wildman–Crippen MR) is 131 cm³/mol. The molecule has 0 radical (unpaired) electrons. The molecule has 0 spiro atoms. The summed E-state index contributed by atoms with van der Waals surface area (Å²) in [6, 6.07) is 26.0. The van der Waals surface area contributed by atoms with Crippen LogP contribution in [0.2, 0.25) is 0 Å². The molecule has 1 atom stereocenters. The van der Waals surface area contributed by atoms with E-state index < -0.39 is 0 Å². The Hall–Kier alpha value is -4.45. The number of anilines is 3. The van der Waals surface area contributed by atoms with Gasteiger partial charge in [-0.1, -0.05) is 60.2 Å². The van der Waals surface area contributed by atoms with Gasteiger partial charge in [-0.3, -0.25) is 9.69 Å². The van der Waals surface area contributed by atoms with Crippen molar-refractivity contribution in [1.29, 1.82) is 0 Å². The molecule has 3 aromatic rings. The highest BCUT2D eigenvalue weighted by atomic mass is 16.2. The molecule has 162 valence electrons. The maximum atomic E-state index is 13.6. The number of rotatable bonds is 4. The van der Waals surface area contributed by atoms with Crippen molar-refractivity contribution in [3.8, 4) is 0 Å². The molecule has 0 aliphatic carbocycles. The van der Waals surface area contributed by atoms with Gasteiger partial charge in [-0.2, -0.15) is 0 Å². The molecule has 6 nitrogen and oxygen atoms in total. The molecular formula is C27H22N4O2. The molecular weight excluding hydrogens is 412 g/mol. The lowest BCUT2D eigenvalue weighted by Gasteiger charge is -2.22. The van der Waals surface area contributed by atoms with E-state index in [-0.39, 0.29) is 18.0 Å². The summed E-state index contributed by atoms with van der Waals surface area (Å²) in [5, 5.41) is 2.83. The van der Waals surface area contributed by atoms with Gasteiger partial charge in [0.15, 0.2) is 0 Å². The highest BCUT2D eigenvalue weighted by molar-refractivity contribution is 6.31. The molecule has 0 saturated carbocycles. The Balaban J connectivity index is 1.51. The van der Waals surface area contributed by atoms with E-state index in [9.17, 15) is 9.59 Å². The van der Waals surface area contributed by atoms with Crippen LogP contribution >= 0.6 is 0 Å². The van der Waals surface area contributed by atoms with Crippen molar-refractivity contribution in [2.75, 3.05) is 15.1 Å². The van der Waals surface area contributed by atoms with Gasteiger partial charge in [-0.25, -0.2) is 14.7 Å². The minimum Gasteiger partial charge on any atom is -0.322 e. The second kappa shape index (κ2) is 8.59. The molecule has 2 heterocycles. The third-order valence-electron chi connectivity index (χ3n) is 5.51. The van der Waals surface area contributed by atoms with Crippen LogP contribution in [0.15, 0.2) is 114 Å². The fourth-order valence-electron chi connectivity index (χ4n) is 3.93. The maximum Gasteiger partial charge on any atom is 0.335 e. The van der Waals surface area contributed by atoms with E-state index in [1.165, 1.54) is 6.08 Å². The van der Waals surface area contributed by atoms with Crippen LogP contribution < -0.4 is 15.1 Å². The van der Waals surface area contributed by atoms with Gasteiger partial charge in [-0.05, 0) is 49.4 Å². The maximum absolute atomic E-state index is 13.6. The van der Waals surface area contributed by atoms with Crippen LogP contribution in [0.1, 0.15) is 5.56 Å². The molecule has 2 aliphatic rings. The molecule has 1 N–H and O–H groups in total. The lowest BCUT2D eigenvalue weighted by Crippen LogP contribution is -2.34. The van der Waals surface area contributed by atoms with Crippen LogP contribution in [0.4, 0.5) is 21.9 Å². The Morgan fingerprint density at radius 2 is 1.58 bits per heavy atom. The van der Waals surface area contributed by atoms with Crippen molar-refractivity contribution in [2.24, 2.45) is 4.99 Å². The topological polar surface area (TPSA) is 65.0 Å². The smallest absolute Gasteiger partial charge is 0.322 e. The third kappa shape index (κ3) is 4.06. The van der Waals surface area contributed by atoms with Crippen LogP contribution in [0, 0.1) is 6.92 Å². The minimum atomic E-state index is -0.366. The van der Waals surface area contributed by atoms with E-state index in [1.807, 2.05) is 97.9 Å². The summed E-state index contributed by atoms with van der Waals surface area (Å²) in [7, 11) is 0. The number of hydrogen-bond donors (Lipinski definition) is 1. The van der Waals surface area contributed by atoms with Gasteiger partial charge in [0.2, 0.25) is 0 Å². The number of hydrogen-bond acceptors (Lipinski definition) is 3. The first-order valence-corrected chi connectivity index (χ1v) is 10.7. The number of benzene rings is 3. The summed E-state index contributed by atoms with van der Waals surface area (Å²) in [5.74, 6) is 0.280. The predicted octanol–water partition coefficient (Wildman–Crippen LogP) is 5.30. The van der Waals surface area contributed by atoms with Gasteiger partial charge in [0.25, 0.3) is 5.91 Å². The van der Waals surface area contributed by atoms with E-state index in [0.717, 1.165) is 16.9 Å². The first-order chi connectivity index (χ1) is 16.1. The van der Waals surface area contributed by atoms with Crippen molar-refractivity contribution < 1.29 is 9.59 Å². The summed E-state index contributed by atoms with van der Waals surface area (Å²) < 4.78 is 0. The van der Waals surface area contributed by atoms with Crippen LogP contribution in [-0.2, 0) is 4.79 Å². The number of urea groups is 1. The van der Waals surface area contributed by atoms with Crippen molar-refractivity contribution in [1.82, 2.24) is 0 Å². The molecule has 2 aliphatic heterocycles. The van der Waals surface area contributed by atoms with Crippen LogP contribution in [-0.4, -0.2) is 23.8 Å². The average molecular weight is 434 g/mol. The van der Waals surface area contributed by atoms with E-state index in [2.05, 4.69) is 5.32 Å². The number of nitrogens with one attached hydrogen (secondary N) is 1. The zero-order chi connectivity index (χ0) is 22.8. The Morgan fingerprint density at radius 3 is 2.27 bits per heavy atom. The summed E-state index contributed by atoms with van der Waals surface area (Å²) in [4.78, 5) is 34.1. The minimum absolute atomic E-state index is 0.187. The van der Waals surface area contributed by atoms with E-state index in [1.54, 1.807) is 15.9 Å². The second-order valence-electron chi connectivity index (χ2n) is 7.86. The number of allylic oxidation sites excluding steroid dienone is 1. The van der Waals surface area contributed by atoms with Gasteiger partial charge in [0.1, 0.15) is 11.9 Å². The van der Waals surface area contributed by atoms with Crippen LogP contribution in [0.3, 0.4) is 0 Å². The Bertz CT molecular complexity index is 1280. The molecule has 6 heteroatoms. The van der Waals surface area contributed by atoms with Crippen molar-refractivity contribution in [3.63, 3.8) is 0 Å². The molecule has 5 rings (SSSR count). The zero-order valence-electron chi connectivity index (χ0n) is 18.1. The van der Waals surface area contributed by atoms with Gasteiger partial charge >= 0.3 is 6.03 Å². The molecule has 0 bridgehead atoms. The third-order valence-corrected chi connectivity index (χ3v) is 5.51. The summed E-state index contributed by atoms with van der Waals surface area (Å²) >= 11 is 0. The number of aliphatic imine (C=N–C) groups is 1. The SMILES string of the molecule is Cc1ccc(N2C(=O)N(c3ccccc3)C3=N/C(=C\C(=O)Nc4ccccc4)C=CC32)cc1. The first kappa shape index (κ1) is 20.5. The van der Waals surface area contributed by atoms with Gasteiger partial charge in [0, 0.05) is 17.5 Å². The number of amides is 3. The zero-order valence-corrected chi connectivity index (χ0v) is 18.1. The van der Waals surface area contributed by atoms with Crippen molar-refractivity contribution in [2.45, 2.75) is 13.0 Å². The average Bonchev–Trinajstić information content (AvgIpc) is 3.12. The molecule has 33 heavy (non-hydrogen) atoms. The largest absolute Gasteiger partial charge is 0.335 e. The number of nitrogens with zero attached hydrogens (tertiary/aromatic N) is 3. The standard InChI is InChI=1S/C27H22N4O2/c1-19-12-15-23(16-13-19)30-24-17-14-21(18-25(32)28-20-8-4-2-5-9-20)29-26(24)31(27(30)33)22-10-6-3-7-11-22/h2-18,24H,1H3,(H,28,32)/b21-18-. The normalized spacial score (nSPS) is 18.3. The Kier molecular flexibility index (Phi) is 5.32. The Labute approximate surface area is 192 Å². The first-order valence-electron chi connectivity index (χ1n) is 10.7. The number of aryl methyl sites for hydroxylation is 1. The van der Waals surface area contributed by atoms with Crippen molar-refractivity contribution >= 4 is 34.8 Å². The number of carbonyl (C=O) groups excluding carboxylic acids is 2. The number of para-hydroxylation sites is 2. The lowest BCUT2D eigenvalue weighted by atomic mass is 10.1. The number of fused-ring (bicyclic) bond motifs is 1. The quantitative estimate of drug-likeness (QED) is 0.566. The monoisotopic (exact) mass is 434 g/mol. The molecule has 3 amide bonds. The number of amidine groups is 1. The van der Waals surface area contributed by atoms with Crippen LogP contribution in [0.5, 0.6) is 0 Å². The summed E-state index contributed by atoms with van der Waals surface area (Å²) in [6.07, 6.45) is 5.13. The number of dihydropyridines is 1. The highest BCUT2D eigenvalue weighted by Crippen LogP contribution is 2.33. The molecule has 1 saturated heterocycles. The number of carbonyl (C=O) groups is 2. The van der Waals surface area contributed by atoms with E-state index in [0.29, 0.717) is 17.2 Å². The molecule has 0 aromatic heterocycles. The fourth-order valence-corrected chi connectivity index (χ4v) is 3.93. The van der Waals surface area contributed by atoms with Gasteiger partial charge < -0.3 is 5.32 Å². The molecule has 1 fully saturated rings. The van der Waals surface area contributed by atoms with Crippen LogP contribution in [0.25, 0.3) is 0 Å². The molecule has 3 aromatic carbocycles. The van der Waals surface area contributed by atoms with Gasteiger partial charge in [-0.15, -0.1) is 0 Å². The lowest BCUT2D eigenvalue weighted by molar-refractivity contribution is -0.111. The fraction of sp³-hybridized carbons (Fsp3) is 0.0741. The highest BCUT2D eigenvalue weighted by Gasteiger charge is 2.44.